The molecule has 0 radical (unpaired) electrons. The molecule has 0 aliphatic carbocycles. The number of furan rings is 1. The maximum absolute atomic E-state index is 13.1. The van der Waals surface area contributed by atoms with E-state index in [0.29, 0.717) is 10.6 Å². The van der Waals surface area contributed by atoms with Crippen LogP contribution in [0.15, 0.2) is 76.2 Å². The number of alkyl halides is 3. The number of hydrogen-bond donors (Lipinski definition) is 2. The number of carbonyl (C=O) groups excluding carboxylic acids is 2. The fraction of sp³-hybridized carbons (Fsp3) is 0.143. The van der Waals surface area contributed by atoms with Crippen LogP contribution in [0.4, 0.5) is 24.5 Å². The number of rotatable bonds is 6. The van der Waals surface area contributed by atoms with Gasteiger partial charge in [-0.1, -0.05) is 18.2 Å². The molecule has 0 saturated heterocycles. The van der Waals surface area contributed by atoms with Gasteiger partial charge in [0.25, 0.3) is 5.91 Å². The van der Waals surface area contributed by atoms with Crippen LogP contribution in [0.1, 0.15) is 23.0 Å². The van der Waals surface area contributed by atoms with Crippen molar-refractivity contribution in [2.75, 3.05) is 10.6 Å². The largest absolute Gasteiger partial charge is 0.459 e. The van der Waals surface area contributed by atoms with E-state index < -0.39 is 28.8 Å². The molecule has 2 N–H and O–H groups in total. The number of para-hydroxylation sites is 1. The summed E-state index contributed by atoms with van der Waals surface area (Å²) in [6, 6.07) is 14.7. The summed E-state index contributed by atoms with van der Waals surface area (Å²) in [6.45, 7) is 1.59. The van der Waals surface area contributed by atoms with Gasteiger partial charge in [0.05, 0.1) is 22.8 Å². The molecule has 2 amide bonds. The van der Waals surface area contributed by atoms with Gasteiger partial charge in [0.15, 0.2) is 5.76 Å². The lowest BCUT2D eigenvalue weighted by Gasteiger charge is -2.16. The summed E-state index contributed by atoms with van der Waals surface area (Å²) in [7, 11) is 0. The Morgan fingerprint density at radius 2 is 1.77 bits per heavy atom. The molecule has 0 aliphatic heterocycles. The van der Waals surface area contributed by atoms with Gasteiger partial charge in [-0.15, -0.1) is 11.8 Å². The van der Waals surface area contributed by atoms with E-state index in [1.165, 1.54) is 30.5 Å². The standard InChI is InChI=1S/C21H17F3N2O3S/c1-13(19(27)26-17-9-3-2-8-16(17)21(22,23)24)30-15-7-4-6-14(12-15)25-20(28)18-10-5-11-29-18/h2-13H,1H3,(H,25,28)(H,26,27). The molecule has 1 unspecified atom stereocenters. The summed E-state index contributed by atoms with van der Waals surface area (Å²) < 4.78 is 44.3. The highest BCUT2D eigenvalue weighted by Gasteiger charge is 2.33. The Bertz CT molecular complexity index is 1040. The molecule has 5 nitrogen and oxygen atoms in total. The Morgan fingerprint density at radius 3 is 2.47 bits per heavy atom. The number of halogens is 3. The van der Waals surface area contributed by atoms with E-state index in [1.807, 2.05) is 0 Å². The SMILES string of the molecule is CC(Sc1cccc(NC(=O)c2ccco2)c1)C(=O)Nc1ccccc1C(F)(F)F. The minimum Gasteiger partial charge on any atom is -0.459 e. The zero-order chi connectivity index (χ0) is 21.7. The summed E-state index contributed by atoms with van der Waals surface area (Å²) in [6.07, 6.45) is -3.18. The smallest absolute Gasteiger partial charge is 0.418 e. The van der Waals surface area contributed by atoms with Gasteiger partial charge < -0.3 is 15.1 Å². The average molecular weight is 434 g/mol. The highest BCUT2D eigenvalue weighted by Crippen LogP contribution is 2.35. The van der Waals surface area contributed by atoms with Crippen molar-refractivity contribution in [2.45, 2.75) is 23.2 Å². The second kappa shape index (κ2) is 9.08. The monoisotopic (exact) mass is 434 g/mol. The highest BCUT2D eigenvalue weighted by atomic mass is 32.2. The Labute approximate surface area is 174 Å². The molecule has 156 valence electrons. The van der Waals surface area contributed by atoms with Gasteiger partial charge >= 0.3 is 6.18 Å². The third-order valence-electron chi connectivity index (χ3n) is 4.01. The van der Waals surface area contributed by atoms with Crippen LogP contribution in [0.2, 0.25) is 0 Å². The Morgan fingerprint density at radius 1 is 1.00 bits per heavy atom. The number of nitrogens with one attached hydrogen (secondary N) is 2. The summed E-state index contributed by atoms with van der Waals surface area (Å²) >= 11 is 1.15. The van der Waals surface area contributed by atoms with Crippen molar-refractivity contribution in [1.82, 2.24) is 0 Å². The third-order valence-corrected chi connectivity index (χ3v) is 5.10. The van der Waals surface area contributed by atoms with E-state index in [4.69, 9.17) is 4.42 Å². The molecule has 1 heterocycles. The topological polar surface area (TPSA) is 71.3 Å². The first-order valence-corrected chi connectivity index (χ1v) is 9.70. The number of anilines is 2. The number of carbonyl (C=O) groups is 2. The molecule has 0 spiro atoms. The van der Waals surface area contributed by atoms with Gasteiger partial charge in [-0.3, -0.25) is 9.59 Å². The molecule has 9 heteroatoms. The average Bonchev–Trinajstić information content (AvgIpc) is 3.23. The first kappa shape index (κ1) is 21.5. The van der Waals surface area contributed by atoms with Crippen molar-refractivity contribution >= 4 is 35.0 Å². The molecule has 3 aromatic rings. The van der Waals surface area contributed by atoms with Crippen molar-refractivity contribution in [3.8, 4) is 0 Å². The van der Waals surface area contributed by atoms with E-state index in [0.717, 1.165) is 17.8 Å². The molecule has 0 saturated carbocycles. The van der Waals surface area contributed by atoms with Gasteiger partial charge in [0.2, 0.25) is 5.91 Å². The summed E-state index contributed by atoms with van der Waals surface area (Å²) in [4.78, 5) is 25.2. The number of benzene rings is 2. The van der Waals surface area contributed by atoms with E-state index >= 15 is 0 Å². The van der Waals surface area contributed by atoms with Crippen molar-refractivity contribution in [3.05, 3.63) is 78.3 Å². The zero-order valence-electron chi connectivity index (χ0n) is 15.7. The molecule has 0 aliphatic rings. The Balaban J connectivity index is 1.65. The van der Waals surface area contributed by atoms with Crippen LogP contribution in [0, 0.1) is 0 Å². The summed E-state index contributed by atoms with van der Waals surface area (Å²) in [5.41, 5.74) is -0.698. The van der Waals surface area contributed by atoms with Crippen LogP contribution in [0.3, 0.4) is 0 Å². The van der Waals surface area contributed by atoms with Gasteiger partial charge in [0.1, 0.15) is 0 Å². The first-order valence-electron chi connectivity index (χ1n) is 8.82. The van der Waals surface area contributed by atoms with Gasteiger partial charge in [-0.25, -0.2) is 0 Å². The predicted octanol–water partition coefficient (Wildman–Crippen LogP) is 5.67. The molecular formula is C21H17F3N2O3S. The summed E-state index contributed by atoms with van der Waals surface area (Å²) in [5, 5.41) is 4.34. The minimum absolute atomic E-state index is 0.157. The molecule has 1 aromatic heterocycles. The highest BCUT2D eigenvalue weighted by molar-refractivity contribution is 8.00. The lowest BCUT2D eigenvalue weighted by atomic mass is 10.1. The number of hydrogen-bond acceptors (Lipinski definition) is 4. The molecule has 30 heavy (non-hydrogen) atoms. The van der Waals surface area contributed by atoms with Crippen LogP contribution in [0.25, 0.3) is 0 Å². The van der Waals surface area contributed by atoms with Crippen LogP contribution < -0.4 is 10.6 Å². The van der Waals surface area contributed by atoms with Gasteiger partial charge in [-0.05, 0) is 49.4 Å². The second-order valence-electron chi connectivity index (χ2n) is 6.25. The lowest BCUT2D eigenvalue weighted by molar-refractivity contribution is -0.137. The van der Waals surface area contributed by atoms with E-state index in [2.05, 4.69) is 10.6 Å². The molecule has 3 rings (SSSR count). The molecule has 0 bridgehead atoms. The third kappa shape index (κ3) is 5.44. The zero-order valence-corrected chi connectivity index (χ0v) is 16.5. The quantitative estimate of drug-likeness (QED) is 0.491. The fourth-order valence-electron chi connectivity index (χ4n) is 2.58. The van der Waals surface area contributed by atoms with Crippen LogP contribution in [0.5, 0.6) is 0 Å². The van der Waals surface area contributed by atoms with Gasteiger partial charge in [0, 0.05) is 10.6 Å². The molecule has 0 fully saturated rings. The molecular weight excluding hydrogens is 417 g/mol. The van der Waals surface area contributed by atoms with Crippen molar-refractivity contribution in [2.24, 2.45) is 0 Å². The molecule has 2 aromatic carbocycles. The number of thioether (sulfide) groups is 1. The van der Waals surface area contributed by atoms with Gasteiger partial charge in [-0.2, -0.15) is 13.2 Å². The van der Waals surface area contributed by atoms with E-state index in [9.17, 15) is 22.8 Å². The fourth-order valence-corrected chi connectivity index (χ4v) is 3.51. The lowest BCUT2D eigenvalue weighted by Crippen LogP contribution is -2.24. The van der Waals surface area contributed by atoms with Crippen LogP contribution in [-0.4, -0.2) is 17.1 Å². The van der Waals surface area contributed by atoms with Crippen molar-refractivity contribution in [1.29, 1.82) is 0 Å². The normalized spacial score (nSPS) is 12.3. The predicted molar refractivity (Wildman–Crippen MR) is 108 cm³/mol. The van der Waals surface area contributed by atoms with Crippen molar-refractivity contribution in [3.63, 3.8) is 0 Å². The Hall–Kier alpha value is -3.20. The number of amides is 2. The maximum Gasteiger partial charge on any atom is 0.418 e. The van der Waals surface area contributed by atoms with E-state index in [1.54, 1.807) is 37.3 Å². The Kier molecular flexibility index (Phi) is 6.51. The second-order valence-corrected chi connectivity index (χ2v) is 7.67. The van der Waals surface area contributed by atoms with Crippen LogP contribution in [-0.2, 0) is 11.0 Å². The van der Waals surface area contributed by atoms with Crippen molar-refractivity contribution < 1.29 is 27.2 Å². The first-order chi connectivity index (χ1) is 14.2. The van der Waals surface area contributed by atoms with Crippen LogP contribution >= 0.6 is 11.8 Å². The molecule has 1 atom stereocenters. The van der Waals surface area contributed by atoms with E-state index in [-0.39, 0.29) is 11.4 Å². The maximum atomic E-state index is 13.1. The minimum atomic E-state index is -4.57. The summed E-state index contributed by atoms with van der Waals surface area (Å²) in [5.74, 6) is -0.831.